The summed E-state index contributed by atoms with van der Waals surface area (Å²) in [5.41, 5.74) is 3.70. The largest absolute Gasteiger partial charge is 0.499 e. The number of halogens is 1. The van der Waals surface area contributed by atoms with Gasteiger partial charge in [0, 0.05) is 12.7 Å². The number of nitrogens with zero attached hydrogens (tertiary/aromatic N) is 5. The van der Waals surface area contributed by atoms with Crippen molar-refractivity contribution in [2.75, 3.05) is 25.2 Å². The number of allylic oxidation sites excluding steroid dienone is 5. The zero-order valence-corrected chi connectivity index (χ0v) is 19.9. The van der Waals surface area contributed by atoms with Crippen molar-refractivity contribution < 1.29 is 13.9 Å². The Bertz CT molecular complexity index is 1160. The van der Waals surface area contributed by atoms with E-state index in [-0.39, 0.29) is 18.3 Å². The minimum absolute atomic E-state index is 0.0925. The second-order valence-electron chi connectivity index (χ2n) is 8.33. The standard InChI is InChI=1S/C26H30FN5O2/c1-19-17-30(18-29-19)24(20(2)34-3)10-6-4-5-8-21-9-7-15-31-26(21)28-16-25(33)32(31)23-13-11-22(27)12-14-23/h6,8,10-14,17-18H,4-5,7,9,15-16H2,1-3H3/b10-6-,21-8+,24-20-. The average Bonchev–Trinajstić information content (AvgIpc) is 3.27. The summed E-state index contributed by atoms with van der Waals surface area (Å²) in [4.78, 5) is 21.5. The molecule has 178 valence electrons. The minimum atomic E-state index is -0.323. The number of aromatic nitrogens is 2. The third-order valence-corrected chi connectivity index (χ3v) is 5.92. The summed E-state index contributed by atoms with van der Waals surface area (Å²) in [7, 11) is 1.66. The maximum absolute atomic E-state index is 13.4. The molecule has 1 saturated heterocycles. The number of ether oxygens (including phenoxy) is 1. The van der Waals surface area contributed by atoms with Crippen LogP contribution in [0.5, 0.6) is 0 Å². The predicted octanol–water partition coefficient (Wildman–Crippen LogP) is 4.88. The number of methoxy groups -OCH3 is 1. The number of unbranched alkanes of at least 4 members (excludes halogenated alkanes) is 1. The molecular weight excluding hydrogens is 433 g/mol. The number of carbonyl (C=O) groups excluding carboxylic acids is 1. The van der Waals surface area contributed by atoms with Crippen LogP contribution in [0.4, 0.5) is 10.1 Å². The molecule has 3 heterocycles. The number of piperidine rings is 1. The number of rotatable bonds is 7. The number of benzene rings is 1. The molecule has 2 aromatic rings. The molecule has 0 atom stereocenters. The van der Waals surface area contributed by atoms with Crippen LogP contribution < -0.4 is 5.01 Å². The Kier molecular flexibility index (Phi) is 7.25. The Morgan fingerprint density at radius 1 is 1.24 bits per heavy atom. The van der Waals surface area contributed by atoms with Gasteiger partial charge in [-0.15, -0.1) is 0 Å². The zero-order valence-electron chi connectivity index (χ0n) is 19.9. The third kappa shape index (κ3) is 5.11. The number of hydrogen-bond acceptors (Lipinski definition) is 5. The molecule has 8 heteroatoms. The van der Waals surface area contributed by atoms with Gasteiger partial charge in [-0.25, -0.2) is 14.4 Å². The van der Waals surface area contributed by atoms with E-state index in [1.165, 1.54) is 12.1 Å². The minimum Gasteiger partial charge on any atom is -0.499 e. The van der Waals surface area contributed by atoms with E-state index < -0.39 is 0 Å². The van der Waals surface area contributed by atoms with E-state index in [0.29, 0.717) is 12.2 Å². The number of anilines is 1. The second-order valence-corrected chi connectivity index (χ2v) is 8.33. The van der Waals surface area contributed by atoms with Gasteiger partial charge in [0.25, 0.3) is 5.91 Å². The average molecular weight is 464 g/mol. The van der Waals surface area contributed by atoms with Crippen molar-refractivity contribution in [2.24, 2.45) is 4.99 Å². The molecule has 0 spiro atoms. The summed E-state index contributed by atoms with van der Waals surface area (Å²) < 4.78 is 20.8. The van der Waals surface area contributed by atoms with Gasteiger partial charge in [-0.1, -0.05) is 12.2 Å². The Morgan fingerprint density at radius 2 is 2.03 bits per heavy atom. The molecule has 1 amide bonds. The topological polar surface area (TPSA) is 63.0 Å². The van der Waals surface area contributed by atoms with Gasteiger partial charge >= 0.3 is 0 Å². The Hall–Kier alpha value is -3.68. The maximum atomic E-state index is 13.4. The molecule has 1 aromatic heterocycles. The van der Waals surface area contributed by atoms with Gasteiger partial charge in [0.1, 0.15) is 24.0 Å². The van der Waals surface area contributed by atoms with E-state index in [1.54, 1.807) is 30.6 Å². The van der Waals surface area contributed by atoms with Crippen LogP contribution in [-0.2, 0) is 9.53 Å². The van der Waals surface area contributed by atoms with Crippen LogP contribution in [0.3, 0.4) is 0 Å². The fourth-order valence-electron chi connectivity index (χ4n) is 4.18. The Labute approximate surface area is 199 Å². The number of aryl methyl sites for hydroxylation is 1. The lowest BCUT2D eigenvalue weighted by molar-refractivity contribution is -0.119. The van der Waals surface area contributed by atoms with Crippen molar-refractivity contribution in [3.8, 4) is 0 Å². The molecule has 1 fully saturated rings. The maximum Gasteiger partial charge on any atom is 0.267 e. The zero-order chi connectivity index (χ0) is 24.1. The highest BCUT2D eigenvalue weighted by Gasteiger charge is 2.33. The highest BCUT2D eigenvalue weighted by molar-refractivity contribution is 6.08. The fraction of sp³-hybridized carbons (Fsp3) is 0.346. The number of amidine groups is 1. The third-order valence-electron chi connectivity index (χ3n) is 5.92. The predicted molar refractivity (Wildman–Crippen MR) is 131 cm³/mol. The molecular formula is C26H30FN5O2. The summed E-state index contributed by atoms with van der Waals surface area (Å²) in [6.07, 6.45) is 13.7. The summed E-state index contributed by atoms with van der Waals surface area (Å²) in [6, 6.07) is 6.02. The molecule has 34 heavy (non-hydrogen) atoms. The van der Waals surface area contributed by atoms with E-state index in [0.717, 1.165) is 54.2 Å². The number of amides is 1. The Balaban J connectivity index is 1.45. The molecule has 1 aromatic carbocycles. The molecule has 0 bridgehead atoms. The first-order valence-electron chi connectivity index (χ1n) is 11.5. The number of fused-ring (bicyclic) bond motifs is 1. The van der Waals surface area contributed by atoms with Crippen molar-refractivity contribution in [3.05, 3.63) is 77.9 Å². The van der Waals surface area contributed by atoms with Gasteiger partial charge < -0.3 is 9.30 Å². The van der Waals surface area contributed by atoms with Crippen LogP contribution >= 0.6 is 0 Å². The summed E-state index contributed by atoms with van der Waals surface area (Å²) in [6.45, 7) is 4.69. The van der Waals surface area contributed by atoms with E-state index in [2.05, 4.69) is 28.2 Å². The van der Waals surface area contributed by atoms with Crippen molar-refractivity contribution in [1.29, 1.82) is 0 Å². The summed E-state index contributed by atoms with van der Waals surface area (Å²) in [5.74, 6) is 1.22. The van der Waals surface area contributed by atoms with Crippen LogP contribution in [0.25, 0.3) is 5.70 Å². The molecule has 7 nitrogen and oxygen atoms in total. The summed E-state index contributed by atoms with van der Waals surface area (Å²) in [5, 5.41) is 3.56. The van der Waals surface area contributed by atoms with Gasteiger partial charge in [-0.05, 0) is 75.4 Å². The van der Waals surface area contributed by atoms with Crippen LogP contribution in [-0.4, -0.2) is 46.5 Å². The van der Waals surface area contributed by atoms with Crippen LogP contribution in [0, 0.1) is 12.7 Å². The molecule has 2 aliphatic heterocycles. The first-order valence-corrected chi connectivity index (χ1v) is 11.5. The van der Waals surface area contributed by atoms with Gasteiger partial charge in [0.2, 0.25) is 0 Å². The molecule has 0 N–H and O–H groups in total. The normalized spacial score (nSPS) is 18.3. The van der Waals surface area contributed by atoms with E-state index >= 15 is 0 Å². The molecule has 0 unspecified atom stereocenters. The number of carbonyl (C=O) groups is 1. The number of hydrogen-bond donors (Lipinski definition) is 0. The quantitative estimate of drug-likeness (QED) is 0.333. The van der Waals surface area contributed by atoms with Crippen molar-refractivity contribution in [3.63, 3.8) is 0 Å². The van der Waals surface area contributed by atoms with E-state index in [9.17, 15) is 9.18 Å². The van der Waals surface area contributed by atoms with E-state index in [4.69, 9.17) is 4.74 Å². The van der Waals surface area contributed by atoms with Crippen LogP contribution in [0.1, 0.15) is 38.3 Å². The number of hydrazine groups is 1. The highest BCUT2D eigenvalue weighted by atomic mass is 19.1. The van der Waals surface area contributed by atoms with Crippen molar-refractivity contribution in [2.45, 2.75) is 39.5 Å². The van der Waals surface area contributed by atoms with Gasteiger partial charge in [-0.2, -0.15) is 0 Å². The van der Waals surface area contributed by atoms with Crippen LogP contribution in [0.15, 0.2) is 71.3 Å². The van der Waals surface area contributed by atoms with Gasteiger partial charge in [0.05, 0.1) is 30.5 Å². The van der Waals surface area contributed by atoms with Crippen molar-refractivity contribution in [1.82, 2.24) is 14.6 Å². The number of imidazole rings is 1. The molecule has 0 aliphatic carbocycles. The monoisotopic (exact) mass is 463 g/mol. The highest BCUT2D eigenvalue weighted by Crippen LogP contribution is 2.28. The first-order chi connectivity index (χ1) is 16.5. The molecule has 4 rings (SSSR count). The molecule has 2 aliphatic rings. The molecule has 0 radical (unpaired) electrons. The summed E-state index contributed by atoms with van der Waals surface area (Å²) >= 11 is 0. The lowest BCUT2D eigenvalue weighted by Gasteiger charge is -2.42. The van der Waals surface area contributed by atoms with Crippen LogP contribution in [0.2, 0.25) is 0 Å². The first kappa shape index (κ1) is 23.5. The molecule has 0 saturated carbocycles. The van der Waals surface area contributed by atoms with Gasteiger partial charge in [-0.3, -0.25) is 14.8 Å². The fourth-order valence-corrected chi connectivity index (χ4v) is 4.18. The lowest BCUT2D eigenvalue weighted by atomic mass is 10.0. The SMILES string of the molecule is CO/C(C)=C(/C=C\CC/C=C1\CCCN2C1=NCC(=O)N2c1ccc(F)cc1)n1cnc(C)c1. The van der Waals surface area contributed by atoms with E-state index in [1.807, 2.05) is 29.6 Å². The smallest absolute Gasteiger partial charge is 0.267 e. The van der Waals surface area contributed by atoms with Gasteiger partial charge in [0.15, 0.2) is 0 Å². The number of aliphatic imine (C=N–C) groups is 1. The Morgan fingerprint density at radius 3 is 2.74 bits per heavy atom. The lowest BCUT2D eigenvalue weighted by Crippen LogP contribution is -2.56. The van der Waals surface area contributed by atoms with Crippen molar-refractivity contribution >= 4 is 23.1 Å². The second kappa shape index (κ2) is 10.5.